The summed E-state index contributed by atoms with van der Waals surface area (Å²) in [7, 11) is 0. The fourth-order valence-corrected chi connectivity index (χ4v) is 1.06. The molecule has 1 aromatic heterocycles. The Balaban J connectivity index is 2.34. The highest BCUT2D eigenvalue weighted by Gasteiger charge is 2.07. The van der Waals surface area contributed by atoms with Gasteiger partial charge in [0.15, 0.2) is 0 Å². The molecule has 5 heteroatoms. The van der Waals surface area contributed by atoms with Crippen molar-refractivity contribution in [2.24, 2.45) is 0 Å². The van der Waals surface area contributed by atoms with Gasteiger partial charge in [-0.2, -0.15) is 9.37 Å². The topological polar surface area (TPSA) is 47.0 Å². The van der Waals surface area contributed by atoms with Gasteiger partial charge in [0.2, 0.25) is 5.82 Å². The molecule has 0 fully saturated rings. The minimum absolute atomic E-state index is 0.0285. The van der Waals surface area contributed by atoms with Crippen molar-refractivity contribution in [3.8, 4) is 5.88 Å². The Morgan fingerprint density at radius 3 is 2.93 bits per heavy atom. The number of hydrogen-bond donors (Lipinski definition) is 1. The van der Waals surface area contributed by atoms with Gasteiger partial charge in [-0.25, -0.2) is 4.98 Å². The van der Waals surface area contributed by atoms with Crippen LogP contribution in [0, 0.1) is 12.7 Å². The summed E-state index contributed by atoms with van der Waals surface area (Å²) in [5.41, 5.74) is 0.307. The molecule has 1 N–H and O–H groups in total. The van der Waals surface area contributed by atoms with E-state index in [1.54, 1.807) is 6.92 Å². The Morgan fingerprint density at radius 2 is 2.20 bits per heavy atom. The van der Waals surface area contributed by atoms with Gasteiger partial charge in [-0.05, 0) is 19.9 Å². The number of halogens is 1. The van der Waals surface area contributed by atoms with E-state index in [-0.39, 0.29) is 5.88 Å². The van der Waals surface area contributed by atoms with Crippen molar-refractivity contribution in [2.45, 2.75) is 20.3 Å². The predicted octanol–water partition coefficient (Wildman–Crippen LogP) is 1.30. The van der Waals surface area contributed by atoms with Gasteiger partial charge >= 0.3 is 0 Å². The van der Waals surface area contributed by atoms with Crippen LogP contribution in [-0.4, -0.2) is 29.7 Å². The standard InChI is InChI=1S/C10H16FN3O/c1-3-4-12-5-6-15-10-9(11)8(2)13-7-14-10/h7,12H,3-6H2,1-2H3. The van der Waals surface area contributed by atoms with Crippen LogP contribution in [0.25, 0.3) is 0 Å². The average molecular weight is 213 g/mol. The summed E-state index contributed by atoms with van der Waals surface area (Å²) in [6.07, 6.45) is 2.37. The van der Waals surface area contributed by atoms with Gasteiger partial charge in [0.1, 0.15) is 12.9 Å². The zero-order valence-electron chi connectivity index (χ0n) is 9.09. The fraction of sp³-hybridized carbons (Fsp3) is 0.600. The molecule has 1 heterocycles. The third-order valence-corrected chi connectivity index (χ3v) is 1.88. The van der Waals surface area contributed by atoms with E-state index >= 15 is 0 Å². The zero-order valence-corrected chi connectivity index (χ0v) is 9.09. The second kappa shape index (κ2) is 6.29. The molecular weight excluding hydrogens is 197 g/mol. The van der Waals surface area contributed by atoms with Crippen molar-refractivity contribution in [3.63, 3.8) is 0 Å². The zero-order chi connectivity index (χ0) is 11.1. The maximum Gasteiger partial charge on any atom is 0.253 e. The number of hydrogen-bond acceptors (Lipinski definition) is 4. The molecular formula is C10H16FN3O. The summed E-state index contributed by atoms with van der Waals surface area (Å²) >= 11 is 0. The van der Waals surface area contributed by atoms with E-state index in [2.05, 4.69) is 22.2 Å². The summed E-state index contributed by atoms with van der Waals surface area (Å²) < 4.78 is 18.5. The minimum Gasteiger partial charge on any atom is -0.474 e. The molecule has 84 valence electrons. The lowest BCUT2D eigenvalue weighted by atomic mass is 10.4. The van der Waals surface area contributed by atoms with Gasteiger partial charge in [0.05, 0.1) is 5.69 Å². The van der Waals surface area contributed by atoms with Crippen molar-refractivity contribution in [2.75, 3.05) is 19.7 Å². The molecule has 0 amide bonds. The van der Waals surface area contributed by atoms with Crippen molar-refractivity contribution in [3.05, 3.63) is 17.8 Å². The maximum absolute atomic E-state index is 13.3. The second-order valence-electron chi connectivity index (χ2n) is 3.18. The van der Waals surface area contributed by atoms with Crippen LogP contribution in [-0.2, 0) is 0 Å². The molecule has 0 radical (unpaired) electrons. The van der Waals surface area contributed by atoms with Crippen LogP contribution < -0.4 is 10.1 Å². The lowest BCUT2D eigenvalue weighted by Crippen LogP contribution is -2.22. The van der Waals surface area contributed by atoms with Crippen LogP contribution >= 0.6 is 0 Å². The quantitative estimate of drug-likeness (QED) is 0.724. The SMILES string of the molecule is CCCNCCOc1ncnc(C)c1F. The normalized spacial score (nSPS) is 10.3. The molecule has 0 bridgehead atoms. The number of aromatic nitrogens is 2. The van der Waals surface area contributed by atoms with Crippen molar-refractivity contribution in [1.82, 2.24) is 15.3 Å². The maximum atomic E-state index is 13.3. The van der Waals surface area contributed by atoms with Crippen LogP contribution in [0.5, 0.6) is 5.88 Å². The van der Waals surface area contributed by atoms with Gasteiger partial charge < -0.3 is 10.1 Å². The molecule has 0 saturated carbocycles. The predicted molar refractivity (Wildman–Crippen MR) is 55.4 cm³/mol. The smallest absolute Gasteiger partial charge is 0.253 e. The summed E-state index contributed by atoms with van der Waals surface area (Å²) in [4.78, 5) is 7.44. The molecule has 0 aliphatic rings. The third kappa shape index (κ3) is 3.79. The van der Waals surface area contributed by atoms with Crippen LogP contribution in [0.3, 0.4) is 0 Å². The van der Waals surface area contributed by atoms with Gasteiger partial charge in [-0.15, -0.1) is 0 Å². The summed E-state index contributed by atoms with van der Waals surface area (Å²) in [6, 6.07) is 0. The van der Waals surface area contributed by atoms with Gasteiger partial charge in [-0.1, -0.05) is 6.92 Å². The number of nitrogens with one attached hydrogen (secondary N) is 1. The van der Waals surface area contributed by atoms with Crippen LogP contribution in [0.2, 0.25) is 0 Å². The first-order valence-corrected chi connectivity index (χ1v) is 5.06. The molecule has 15 heavy (non-hydrogen) atoms. The number of nitrogens with zero attached hydrogens (tertiary/aromatic N) is 2. The number of aryl methyl sites for hydroxylation is 1. The minimum atomic E-state index is -0.479. The van der Waals surface area contributed by atoms with E-state index in [1.807, 2.05) is 0 Å². The number of rotatable bonds is 6. The second-order valence-corrected chi connectivity index (χ2v) is 3.18. The molecule has 4 nitrogen and oxygen atoms in total. The van der Waals surface area contributed by atoms with E-state index in [0.717, 1.165) is 13.0 Å². The lowest BCUT2D eigenvalue weighted by Gasteiger charge is -2.07. The van der Waals surface area contributed by atoms with Crippen LogP contribution in [0.15, 0.2) is 6.33 Å². The van der Waals surface area contributed by atoms with Crippen molar-refractivity contribution < 1.29 is 9.13 Å². The highest BCUT2D eigenvalue weighted by atomic mass is 19.1. The molecule has 0 atom stereocenters. The Labute approximate surface area is 88.9 Å². The molecule has 0 spiro atoms. The average Bonchev–Trinajstić information content (AvgIpc) is 2.24. The lowest BCUT2D eigenvalue weighted by molar-refractivity contribution is 0.284. The highest BCUT2D eigenvalue weighted by molar-refractivity contribution is 5.15. The first-order valence-electron chi connectivity index (χ1n) is 5.06. The first-order chi connectivity index (χ1) is 7.25. The Kier molecular flexibility index (Phi) is 4.97. The van der Waals surface area contributed by atoms with Crippen LogP contribution in [0.4, 0.5) is 4.39 Å². The van der Waals surface area contributed by atoms with Gasteiger partial charge in [-0.3, -0.25) is 0 Å². The van der Waals surface area contributed by atoms with E-state index in [0.29, 0.717) is 18.8 Å². The van der Waals surface area contributed by atoms with Crippen molar-refractivity contribution in [1.29, 1.82) is 0 Å². The monoisotopic (exact) mass is 213 g/mol. The summed E-state index contributed by atoms with van der Waals surface area (Å²) in [5.74, 6) is -0.450. The van der Waals surface area contributed by atoms with E-state index in [1.165, 1.54) is 6.33 Å². The van der Waals surface area contributed by atoms with E-state index in [9.17, 15) is 4.39 Å². The van der Waals surface area contributed by atoms with Crippen molar-refractivity contribution >= 4 is 0 Å². The Morgan fingerprint density at radius 1 is 1.40 bits per heavy atom. The molecule has 0 saturated heterocycles. The summed E-state index contributed by atoms with van der Waals surface area (Å²) in [6.45, 7) is 5.71. The Hall–Kier alpha value is -1.23. The third-order valence-electron chi connectivity index (χ3n) is 1.88. The molecule has 1 rings (SSSR count). The van der Waals surface area contributed by atoms with Gasteiger partial charge in [0.25, 0.3) is 5.88 Å². The van der Waals surface area contributed by atoms with Crippen LogP contribution in [0.1, 0.15) is 19.0 Å². The molecule has 0 unspecified atom stereocenters. The fourth-order valence-electron chi connectivity index (χ4n) is 1.06. The largest absolute Gasteiger partial charge is 0.474 e. The molecule has 0 aliphatic carbocycles. The summed E-state index contributed by atoms with van der Waals surface area (Å²) in [5, 5.41) is 3.15. The highest BCUT2D eigenvalue weighted by Crippen LogP contribution is 2.13. The Bertz CT molecular complexity index is 307. The molecule has 0 aliphatic heterocycles. The van der Waals surface area contributed by atoms with Gasteiger partial charge in [0, 0.05) is 6.54 Å². The number of ether oxygens (including phenoxy) is 1. The molecule has 0 aromatic carbocycles. The first kappa shape index (κ1) is 11.8. The van der Waals surface area contributed by atoms with E-state index < -0.39 is 5.82 Å². The molecule has 1 aromatic rings. The van der Waals surface area contributed by atoms with E-state index in [4.69, 9.17) is 4.74 Å².